The van der Waals surface area contributed by atoms with E-state index in [2.05, 4.69) is 29.6 Å². The van der Waals surface area contributed by atoms with E-state index in [0.717, 1.165) is 48.1 Å². The van der Waals surface area contributed by atoms with Gasteiger partial charge in [-0.2, -0.15) is 0 Å². The van der Waals surface area contributed by atoms with E-state index in [1.54, 1.807) is 12.0 Å². The molecule has 37 heavy (non-hydrogen) atoms. The van der Waals surface area contributed by atoms with E-state index in [9.17, 15) is 9.59 Å². The van der Waals surface area contributed by atoms with Crippen LogP contribution in [0.25, 0.3) is 0 Å². The van der Waals surface area contributed by atoms with Crippen LogP contribution in [0, 0.1) is 0 Å². The van der Waals surface area contributed by atoms with E-state index in [0.29, 0.717) is 13.0 Å². The van der Waals surface area contributed by atoms with Crippen molar-refractivity contribution < 1.29 is 14.3 Å². The molecule has 1 aliphatic rings. The molecule has 1 fully saturated rings. The lowest BCUT2D eigenvalue weighted by molar-refractivity contribution is -0.141. The first kappa shape index (κ1) is 26.5. The zero-order valence-electron chi connectivity index (χ0n) is 21.9. The first-order valence-corrected chi connectivity index (χ1v) is 13.4. The molecule has 0 spiro atoms. The average molecular weight is 499 g/mol. The molecule has 5 nitrogen and oxygen atoms in total. The molecule has 1 aliphatic carbocycles. The van der Waals surface area contributed by atoms with Crippen LogP contribution in [0.1, 0.15) is 68.1 Å². The lowest BCUT2D eigenvalue weighted by Crippen LogP contribution is -2.51. The van der Waals surface area contributed by atoms with Crippen molar-refractivity contribution in [1.29, 1.82) is 0 Å². The summed E-state index contributed by atoms with van der Waals surface area (Å²) in [4.78, 5) is 29.3. The third kappa shape index (κ3) is 7.00. The van der Waals surface area contributed by atoms with E-state index in [-0.39, 0.29) is 30.2 Å². The number of nitrogens with zero attached hydrogens (tertiary/aromatic N) is 1. The second kappa shape index (κ2) is 13.1. The smallest absolute Gasteiger partial charge is 0.243 e. The van der Waals surface area contributed by atoms with E-state index < -0.39 is 6.04 Å². The standard InChI is InChI=1S/C32H38N2O3/c1-3-30(32(36)33-27-16-10-11-17-27)34(23-24-18-20-28(37-2)21-19-24)31(35)22-29(25-12-6-4-7-13-25)26-14-8-5-9-15-26/h4-9,12-15,18-21,27,29-30H,3,10-11,16-17,22-23H2,1-2H3,(H,33,36). The summed E-state index contributed by atoms with van der Waals surface area (Å²) < 4.78 is 5.31. The van der Waals surface area contributed by atoms with Gasteiger partial charge in [-0.1, -0.05) is 92.6 Å². The number of hydrogen-bond acceptors (Lipinski definition) is 3. The van der Waals surface area contributed by atoms with Crippen molar-refractivity contribution in [2.24, 2.45) is 0 Å². The van der Waals surface area contributed by atoms with Crippen LogP contribution in [0.3, 0.4) is 0 Å². The van der Waals surface area contributed by atoms with Crippen molar-refractivity contribution in [1.82, 2.24) is 10.2 Å². The molecule has 1 saturated carbocycles. The number of benzene rings is 3. The van der Waals surface area contributed by atoms with Crippen molar-refractivity contribution in [3.63, 3.8) is 0 Å². The highest BCUT2D eigenvalue weighted by Gasteiger charge is 2.32. The first-order valence-electron chi connectivity index (χ1n) is 13.4. The molecule has 0 bridgehead atoms. The van der Waals surface area contributed by atoms with Gasteiger partial charge in [0.15, 0.2) is 0 Å². The highest BCUT2D eigenvalue weighted by atomic mass is 16.5. The summed E-state index contributed by atoms with van der Waals surface area (Å²) in [7, 11) is 1.64. The van der Waals surface area contributed by atoms with Crippen LogP contribution in [0.15, 0.2) is 84.9 Å². The molecule has 1 atom stereocenters. The molecule has 3 aromatic rings. The third-order valence-corrected chi connectivity index (χ3v) is 7.38. The minimum absolute atomic E-state index is 0.0260. The van der Waals surface area contributed by atoms with Crippen molar-refractivity contribution in [3.8, 4) is 5.75 Å². The number of carbonyl (C=O) groups excluding carboxylic acids is 2. The maximum atomic E-state index is 14.1. The SMILES string of the molecule is CCC(C(=O)NC1CCCC1)N(Cc1ccc(OC)cc1)C(=O)CC(c1ccccc1)c1ccccc1. The number of amides is 2. The molecule has 2 amide bonds. The monoisotopic (exact) mass is 498 g/mol. The van der Waals surface area contributed by atoms with Crippen molar-refractivity contribution in [2.75, 3.05) is 7.11 Å². The van der Waals surface area contributed by atoms with Crippen LogP contribution < -0.4 is 10.1 Å². The van der Waals surface area contributed by atoms with Gasteiger partial charge in [0.2, 0.25) is 11.8 Å². The molecule has 0 heterocycles. The van der Waals surface area contributed by atoms with Crippen molar-refractivity contribution in [3.05, 3.63) is 102 Å². The first-order chi connectivity index (χ1) is 18.1. The topological polar surface area (TPSA) is 58.6 Å². The van der Waals surface area contributed by atoms with Gasteiger partial charge in [-0.25, -0.2) is 0 Å². The predicted molar refractivity (Wildman–Crippen MR) is 147 cm³/mol. The Balaban J connectivity index is 1.62. The Bertz CT molecular complexity index is 1090. The third-order valence-electron chi connectivity index (χ3n) is 7.38. The number of carbonyl (C=O) groups is 2. The van der Waals surface area contributed by atoms with Gasteiger partial charge in [-0.05, 0) is 48.1 Å². The maximum absolute atomic E-state index is 14.1. The minimum Gasteiger partial charge on any atom is -0.497 e. The second-order valence-corrected chi connectivity index (χ2v) is 9.86. The van der Waals surface area contributed by atoms with Crippen LogP contribution >= 0.6 is 0 Å². The van der Waals surface area contributed by atoms with Gasteiger partial charge in [0, 0.05) is 24.9 Å². The van der Waals surface area contributed by atoms with Gasteiger partial charge in [0.05, 0.1) is 7.11 Å². The minimum atomic E-state index is -0.526. The maximum Gasteiger partial charge on any atom is 0.243 e. The lowest BCUT2D eigenvalue weighted by Gasteiger charge is -2.33. The number of ether oxygens (including phenoxy) is 1. The van der Waals surface area contributed by atoms with Gasteiger partial charge >= 0.3 is 0 Å². The van der Waals surface area contributed by atoms with Crippen LogP contribution in [0.2, 0.25) is 0 Å². The zero-order valence-corrected chi connectivity index (χ0v) is 21.9. The molecule has 0 saturated heterocycles. The Morgan fingerprint density at radius 3 is 1.97 bits per heavy atom. The molecule has 0 aromatic heterocycles. The van der Waals surface area contributed by atoms with Crippen LogP contribution in [0.5, 0.6) is 5.75 Å². The molecule has 3 aromatic carbocycles. The van der Waals surface area contributed by atoms with E-state index >= 15 is 0 Å². The molecule has 5 heteroatoms. The number of methoxy groups -OCH3 is 1. The largest absolute Gasteiger partial charge is 0.497 e. The molecule has 0 aliphatic heterocycles. The second-order valence-electron chi connectivity index (χ2n) is 9.86. The summed E-state index contributed by atoms with van der Waals surface area (Å²) in [6.45, 7) is 2.36. The Hall–Kier alpha value is -3.60. The molecule has 1 N–H and O–H groups in total. The van der Waals surface area contributed by atoms with Crippen LogP contribution in [0.4, 0.5) is 0 Å². The molecular formula is C32H38N2O3. The van der Waals surface area contributed by atoms with Gasteiger partial charge in [-0.15, -0.1) is 0 Å². The van der Waals surface area contributed by atoms with Gasteiger partial charge in [0.1, 0.15) is 11.8 Å². The molecular weight excluding hydrogens is 460 g/mol. The van der Waals surface area contributed by atoms with Gasteiger partial charge in [0.25, 0.3) is 0 Å². The van der Waals surface area contributed by atoms with Crippen LogP contribution in [-0.2, 0) is 16.1 Å². The normalized spacial score (nSPS) is 14.4. The summed E-state index contributed by atoms with van der Waals surface area (Å²) in [6, 6.07) is 27.7. The Morgan fingerprint density at radius 2 is 1.46 bits per heavy atom. The predicted octanol–water partition coefficient (Wildman–Crippen LogP) is 6.08. The Morgan fingerprint density at radius 1 is 0.892 bits per heavy atom. The van der Waals surface area contributed by atoms with Gasteiger partial charge in [-0.3, -0.25) is 9.59 Å². The quantitative estimate of drug-likeness (QED) is 0.348. The average Bonchev–Trinajstić information content (AvgIpc) is 3.46. The van der Waals surface area contributed by atoms with E-state index in [1.807, 2.05) is 67.6 Å². The summed E-state index contributed by atoms with van der Waals surface area (Å²) in [6.07, 6.45) is 5.16. The zero-order chi connectivity index (χ0) is 26.0. The van der Waals surface area contributed by atoms with Gasteiger partial charge < -0.3 is 15.0 Å². The Kier molecular flexibility index (Phi) is 9.36. The molecule has 194 valence electrons. The highest BCUT2D eigenvalue weighted by molar-refractivity contribution is 5.88. The number of nitrogens with one attached hydrogen (secondary N) is 1. The fourth-order valence-corrected chi connectivity index (χ4v) is 5.31. The Labute approximate surface area is 220 Å². The summed E-state index contributed by atoms with van der Waals surface area (Å²) in [5.41, 5.74) is 3.15. The van der Waals surface area contributed by atoms with Crippen LogP contribution in [-0.4, -0.2) is 35.9 Å². The van der Waals surface area contributed by atoms with Crippen molar-refractivity contribution in [2.45, 2.75) is 70.0 Å². The van der Waals surface area contributed by atoms with E-state index in [4.69, 9.17) is 4.74 Å². The van der Waals surface area contributed by atoms with Crippen molar-refractivity contribution >= 4 is 11.8 Å². The van der Waals surface area contributed by atoms with E-state index in [1.165, 1.54) is 0 Å². The summed E-state index contributed by atoms with van der Waals surface area (Å²) in [5, 5.41) is 3.23. The molecule has 0 radical (unpaired) electrons. The number of hydrogen-bond donors (Lipinski definition) is 1. The fourth-order valence-electron chi connectivity index (χ4n) is 5.31. The summed E-state index contributed by atoms with van der Waals surface area (Å²) >= 11 is 0. The fraction of sp³-hybridized carbons (Fsp3) is 0.375. The molecule has 4 rings (SSSR count). The highest BCUT2D eigenvalue weighted by Crippen LogP contribution is 2.30. The lowest BCUT2D eigenvalue weighted by atomic mass is 9.88. The molecule has 1 unspecified atom stereocenters. The summed E-state index contributed by atoms with van der Waals surface area (Å²) in [5.74, 6) is 0.596. The number of rotatable bonds is 11.